The molecule has 0 atom stereocenters. The van der Waals surface area contributed by atoms with Crippen molar-refractivity contribution in [1.82, 2.24) is 5.32 Å². The molecular formula is C16H16N2O4S. The molecule has 0 aliphatic carbocycles. The second-order valence-corrected chi connectivity index (χ2v) is 5.44. The highest BCUT2D eigenvalue weighted by atomic mass is 32.1. The van der Waals surface area contributed by atoms with Gasteiger partial charge in [-0.25, -0.2) is 4.79 Å². The van der Waals surface area contributed by atoms with Gasteiger partial charge in [0.2, 0.25) is 0 Å². The minimum atomic E-state index is -0.749. The summed E-state index contributed by atoms with van der Waals surface area (Å²) in [5.41, 5.74) is 1.91. The molecule has 0 aliphatic heterocycles. The molecule has 23 heavy (non-hydrogen) atoms. The van der Waals surface area contributed by atoms with Crippen LogP contribution in [0.2, 0.25) is 0 Å². The zero-order valence-electron chi connectivity index (χ0n) is 12.5. The number of carbonyl (C=O) groups is 3. The molecule has 120 valence electrons. The van der Waals surface area contributed by atoms with E-state index < -0.39 is 17.8 Å². The number of thiophene rings is 1. The Morgan fingerprint density at radius 2 is 1.83 bits per heavy atom. The highest BCUT2D eigenvalue weighted by Crippen LogP contribution is 2.10. The molecule has 1 aromatic heterocycles. The lowest BCUT2D eigenvalue weighted by Gasteiger charge is -2.07. The smallest absolute Gasteiger partial charge is 0.337 e. The van der Waals surface area contributed by atoms with E-state index in [0.29, 0.717) is 24.2 Å². The van der Waals surface area contributed by atoms with Crippen molar-refractivity contribution in [2.75, 3.05) is 19.0 Å². The summed E-state index contributed by atoms with van der Waals surface area (Å²) in [6.45, 7) is 0.393. The molecule has 0 unspecified atom stereocenters. The Morgan fingerprint density at radius 3 is 2.43 bits per heavy atom. The largest absolute Gasteiger partial charge is 0.465 e. The average molecular weight is 332 g/mol. The van der Waals surface area contributed by atoms with Crippen LogP contribution in [0, 0.1) is 0 Å². The summed E-state index contributed by atoms with van der Waals surface area (Å²) >= 11 is 1.59. The normalized spacial score (nSPS) is 9.96. The third-order valence-electron chi connectivity index (χ3n) is 3.05. The number of nitrogens with one attached hydrogen (secondary N) is 2. The monoisotopic (exact) mass is 332 g/mol. The van der Waals surface area contributed by atoms with Gasteiger partial charge in [0.15, 0.2) is 0 Å². The van der Waals surface area contributed by atoms with Crippen molar-refractivity contribution in [2.45, 2.75) is 6.42 Å². The molecule has 1 aromatic carbocycles. The van der Waals surface area contributed by atoms with E-state index in [4.69, 9.17) is 0 Å². The molecule has 6 nitrogen and oxygen atoms in total. The van der Waals surface area contributed by atoms with Crippen molar-refractivity contribution in [3.05, 3.63) is 52.2 Å². The van der Waals surface area contributed by atoms with Gasteiger partial charge in [0.05, 0.1) is 12.7 Å². The maximum Gasteiger partial charge on any atom is 0.337 e. The molecule has 0 saturated carbocycles. The molecule has 0 spiro atoms. The molecule has 0 radical (unpaired) electrons. The Bertz CT molecular complexity index is 681. The van der Waals surface area contributed by atoms with E-state index in [1.165, 1.54) is 31.4 Å². The fraction of sp³-hybridized carbons (Fsp3) is 0.188. The van der Waals surface area contributed by atoms with Gasteiger partial charge >= 0.3 is 17.8 Å². The Morgan fingerprint density at radius 1 is 1.09 bits per heavy atom. The first-order valence-electron chi connectivity index (χ1n) is 6.89. The lowest BCUT2D eigenvalue weighted by molar-refractivity contribution is -0.136. The maximum atomic E-state index is 11.8. The molecule has 1 heterocycles. The molecule has 2 aromatic rings. The summed E-state index contributed by atoms with van der Waals surface area (Å²) in [5, 5.41) is 8.98. The van der Waals surface area contributed by atoms with Crippen molar-refractivity contribution in [2.24, 2.45) is 0 Å². The van der Waals surface area contributed by atoms with Crippen molar-refractivity contribution < 1.29 is 19.1 Å². The Labute approximate surface area is 137 Å². The number of methoxy groups -OCH3 is 1. The predicted molar refractivity (Wildman–Crippen MR) is 87.4 cm³/mol. The van der Waals surface area contributed by atoms with E-state index in [2.05, 4.69) is 15.4 Å². The van der Waals surface area contributed by atoms with Gasteiger partial charge in [-0.05, 0) is 53.1 Å². The number of benzene rings is 1. The number of anilines is 1. The Hall–Kier alpha value is -2.67. The van der Waals surface area contributed by atoms with Crippen LogP contribution in [-0.2, 0) is 20.7 Å². The van der Waals surface area contributed by atoms with E-state index in [9.17, 15) is 14.4 Å². The first-order chi connectivity index (χ1) is 11.1. The Kier molecular flexibility index (Phi) is 5.87. The van der Waals surface area contributed by atoms with Gasteiger partial charge in [0, 0.05) is 12.2 Å². The lowest BCUT2D eigenvalue weighted by atomic mass is 10.2. The van der Waals surface area contributed by atoms with Gasteiger partial charge in [-0.2, -0.15) is 11.3 Å². The topological polar surface area (TPSA) is 84.5 Å². The summed E-state index contributed by atoms with van der Waals surface area (Å²) in [4.78, 5) is 34.8. The van der Waals surface area contributed by atoms with Crippen LogP contribution in [0.5, 0.6) is 0 Å². The van der Waals surface area contributed by atoms with Crippen LogP contribution >= 0.6 is 11.3 Å². The van der Waals surface area contributed by atoms with E-state index in [1.54, 1.807) is 11.3 Å². The SMILES string of the molecule is COC(=O)c1ccc(NC(=O)C(=O)NCCc2ccsc2)cc1. The number of rotatable bonds is 5. The van der Waals surface area contributed by atoms with Gasteiger partial charge in [0.1, 0.15) is 0 Å². The van der Waals surface area contributed by atoms with Crippen LogP contribution in [0.25, 0.3) is 0 Å². The number of hydrogen-bond acceptors (Lipinski definition) is 5. The van der Waals surface area contributed by atoms with Crippen molar-refractivity contribution >= 4 is 34.8 Å². The molecule has 2 N–H and O–H groups in total. The van der Waals surface area contributed by atoms with E-state index in [1.807, 2.05) is 16.8 Å². The summed E-state index contributed by atoms with van der Waals surface area (Å²) in [5.74, 6) is -1.91. The second kappa shape index (κ2) is 8.09. The van der Waals surface area contributed by atoms with Gasteiger partial charge in [0.25, 0.3) is 0 Å². The van der Waals surface area contributed by atoms with Crippen molar-refractivity contribution in [3.8, 4) is 0 Å². The third kappa shape index (κ3) is 4.93. The third-order valence-corrected chi connectivity index (χ3v) is 3.78. The van der Waals surface area contributed by atoms with Crippen molar-refractivity contribution in [3.63, 3.8) is 0 Å². The predicted octanol–water partition coefficient (Wildman–Crippen LogP) is 1.83. The van der Waals surface area contributed by atoms with E-state index in [-0.39, 0.29) is 0 Å². The van der Waals surface area contributed by atoms with Crippen LogP contribution < -0.4 is 10.6 Å². The first-order valence-corrected chi connectivity index (χ1v) is 7.83. The number of hydrogen-bond donors (Lipinski definition) is 2. The van der Waals surface area contributed by atoms with Crippen LogP contribution in [0.1, 0.15) is 15.9 Å². The van der Waals surface area contributed by atoms with Gasteiger partial charge < -0.3 is 15.4 Å². The van der Waals surface area contributed by atoms with Crippen LogP contribution in [-0.4, -0.2) is 31.4 Å². The quantitative estimate of drug-likeness (QED) is 0.646. The molecule has 2 rings (SSSR count). The van der Waals surface area contributed by atoms with Crippen LogP contribution in [0.15, 0.2) is 41.1 Å². The summed E-state index contributed by atoms with van der Waals surface area (Å²) in [6.07, 6.45) is 0.677. The lowest BCUT2D eigenvalue weighted by Crippen LogP contribution is -2.36. The van der Waals surface area contributed by atoms with Crippen LogP contribution in [0.4, 0.5) is 5.69 Å². The summed E-state index contributed by atoms with van der Waals surface area (Å²) in [7, 11) is 1.29. The van der Waals surface area contributed by atoms with Gasteiger partial charge in [-0.15, -0.1) is 0 Å². The van der Waals surface area contributed by atoms with E-state index in [0.717, 1.165) is 5.56 Å². The second-order valence-electron chi connectivity index (χ2n) is 4.66. The Balaban J connectivity index is 1.81. The molecular weight excluding hydrogens is 316 g/mol. The fourth-order valence-corrected chi connectivity index (χ4v) is 2.53. The van der Waals surface area contributed by atoms with Crippen LogP contribution in [0.3, 0.4) is 0 Å². The highest BCUT2D eigenvalue weighted by Gasteiger charge is 2.13. The molecule has 0 bridgehead atoms. The number of esters is 1. The van der Waals surface area contributed by atoms with Crippen molar-refractivity contribution in [1.29, 1.82) is 0 Å². The average Bonchev–Trinajstić information content (AvgIpc) is 3.08. The molecule has 0 aliphatic rings. The standard InChI is InChI=1S/C16H16N2O4S/c1-22-16(21)12-2-4-13(5-3-12)18-15(20)14(19)17-8-6-11-7-9-23-10-11/h2-5,7,9-10H,6,8H2,1H3,(H,17,19)(H,18,20). The minimum Gasteiger partial charge on any atom is -0.465 e. The maximum absolute atomic E-state index is 11.8. The first kappa shape index (κ1) is 16.7. The number of amides is 2. The summed E-state index contributed by atoms with van der Waals surface area (Å²) in [6, 6.07) is 8.05. The fourth-order valence-electron chi connectivity index (χ4n) is 1.83. The molecule has 0 saturated heterocycles. The van der Waals surface area contributed by atoms with Gasteiger partial charge in [-0.3, -0.25) is 9.59 Å². The minimum absolute atomic E-state index is 0.366. The molecule has 7 heteroatoms. The molecule has 2 amide bonds. The zero-order valence-corrected chi connectivity index (χ0v) is 13.3. The van der Waals surface area contributed by atoms with Gasteiger partial charge in [-0.1, -0.05) is 0 Å². The highest BCUT2D eigenvalue weighted by molar-refractivity contribution is 7.07. The number of carbonyl (C=O) groups excluding carboxylic acids is 3. The zero-order chi connectivity index (χ0) is 16.7. The number of ether oxygens (including phenoxy) is 1. The summed E-state index contributed by atoms with van der Waals surface area (Å²) < 4.78 is 4.58. The van der Waals surface area contributed by atoms with E-state index >= 15 is 0 Å². The molecule has 0 fully saturated rings.